The molecule has 0 radical (unpaired) electrons. The van der Waals surface area contributed by atoms with Crippen molar-refractivity contribution in [2.75, 3.05) is 24.7 Å². The van der Waals surface area contributed by atoms with Crippen LogP contribution in [0, 0.1) is 5.82 Å². The number of alkyl halides is 4. The second-order valence-electron chi connectivity index (χ2n) is 6.07. The molecule has 0 spiro atoms. The molecule has 2 amide bonds. The first kappa shape index (κ1) is 21.1. The lowest BCUT2D eigenvalue weighted by atomic mass is 10.0. The number of anilines is 1. The predicted molar refractivity (Wildman–Crippen MR) is 86.3 cm³/mol. The Balaban J connectivity index is 1.83. The van der Waals surface area contributed by atoms with E-state index in [4.69, 9.17) is 0 Å². The van der Waals surface area contributed by atoms with Crippen molar-refractivity contribution in [1.29, 1.82) is 0 Å². The molecular weight excluding hydrogens is 375 g/mol. The van der Waals surface area contributed by atoms with Gasteiger partial charge < -0.3 is 15.0 Å². The Bertz CT molecular complexity index is 672. The van der Waals surface area contributed by atoms with Crippen LogP contribution in [0.15, 0.2) is 24.3 Å². The zero-order valence-electron chi connectivity index (χ0n) is 14.3. The Morgan fingerprint density at radius 1 is 1.33 bits per heavy atom. The van der Waals surface area contributed by atoms with E-state index in [-0.39, 0.29) is 12.1 Å². The van der Waals surface area contributed by atoms with Gasteiger partial charge >= 0.3 is 12.3 Å². The summed E-state index contributed by atoms with van der Waals surface area (Å²) in [5, 5.41) is 2.44. The summed E-state index contributed by atoms with van der Waals surface area (Å²) >= 11 is 0. The summed E-state index contributed by atoms with van der Waals surface area (Å²) in [6.07, 6.45) is -3.35. The molecule has 1 aliphatic heterocycles. The van der Waals surface area contributed by atoms with Crippen molar-refractivity contribution >= 4 is 17.5 Å². The van der Waals surface area contributed by atoms with Crippen molar-refractivity contribution < 1.29 is 36.3 Å². The topological polar surface area (TPSA) is 58.6 Å². The van der Waals surface area contributed by atoms with Crippen molar-refractivity contribution in [2.45, 2.75) is 37.7 Å². The van der Waals surface area contributed by atoms with E-state index in [1.807, 2.05) is 0 Å². The number of amides is 2. The maximum atomic E-state index is 13.9. The summed E-state index contributed by atoms with van der Waals surface area (Å²) in [5.41, 5.74) is 0.110. The van der Waals surface area contributed by atoms with E-state index >= 15 is 0 Å². The molecule has 0 bridgehead atoms. The number of rotatable bonds is 8. The van der Waals surface area contributed by atoms with Crippen LogP contribution >= 0.6 is 0 Å². The number of halogens is 5. The maximum absolute atomic E-state index is 13.9. The minimum Gasteiger partial charge on any atom is -0.374 e. The van der Waals surface area contributed by atoms with Gasteiger partial charge in [0.15, 0.2) is 0 Å². The molecule has 5 nitrogen and oxygen atoms in total. The number of para-hydroxylation sites is 1. The third-order valence-corrected chi connectivity index (χ3v) is 4.00. The number of carbonyl (C=O) groups is 2. The first-order valence-electron chi connectivity index (χ1n) is 8.31. The van der Waals surface area contributed by atoms with Gasteiger partial charge in [-0.05, 0) is 25.0 Å². The average molecular weight is 394 g/mol. The minimum atomic E-state index is -4.28. The molecule has 2 rings (SSSR count). The molecule has 1 aromatic rings. The average Bonchev–Trinajstić information content (AvgIpc) is 2.61. The normalized spacial score (nSPS) is 18.1. The largest absolute Gasteiger partial charge is 0.374 e. The zero-order valence-corrected chi connectivity index (χ0v) is 14.3. The Kier molecular flexibility index (Phi) is 7.11. The van der Waals surface area contributed by atoms with Crippen LogP contribution in [0.1, 0.15) is 19.3 Å². The van der Waals surface area contributed by atoms with Crippen LogP contribution in [0.5, 0.6) is 0 Å². The van der Waals surface area contributed by atoms with Crippen molar-refractivity contribution in [3.63, 3.8) is 0 Å². The molecular formula is C17H19F5N2O3. The van der Waals surface area contributed by atoms with E-state index in [9.17, 15) is 31.5 Å². The smallest absolute Gasteiger partial charge is 0.330 e. The number of hydrogen-bond donors (Lipinski definition) is 1. The van der Waals surface area contributed by atoms with Gasteiger partial charge in [-0.2, -0.15) is 8.78 Å². The van der Waals surface area contributed by atoms with Gasteiger partial charge in [0.05, 0.1) is 12.3 Å². The molecule has 1 heterocycles. The number of carbonyl (C=O) groups excluding carboxylic acids is 2. The Morgan fingerprint density at radius 2 is 2.04 bits per heavy atom. The van der Waals surface area contributed by atoms with Gasteiger partial charge in [0, 0.05) is 13.0 Å². The highest BCUT2D eigenvalue weighted by molar-refractivity contribution is 5.99. The standard InChI is InChI=1S/C17H19F5N2O3/c18-11-4-1-2-6-13(11)24-8-3-5-12(15(24)26)23-14(25)7-9-27-10-17(21,22)16(19)20/h1-2,4,6,12,16H,3,5,7-10H2,(H,23,25)/t12-/m1/s1. The molecule has 0 unspecified atom stereocenters. The number of nitrogens with one attached hydrogen (secondary N) is 1. The lowest BCUT2D eigenvalue weighted by molar-refractivity contribution is -0.166. The first-order valence-corrected chi connectivity index (χ1v) is 8.31. The monoisotopic (exact) mass is 394 g/mol. The van der Waals surface area contributed by atoms with Gasteiger partial charge in [-0.3, -0.25) is 9.59 Å². The van der Waals surface area contributed by atoms with Crippen molar-refractivity contribution in [3.8, 4) is 0 Å². The van der Waals surface area contributed by atoms with E-state index in [2.05, 4.69) is 10.1 Å². The fourth-order valence-corrected chi connectivity index (χ4v) is 2.62. The van der Waals surface area contributed by atoms with Gasteiger partial charge in [-0.25, -0.2) is 13.2 Å². The fourth-order valence-electron chi connectivity index (χ4n) is 2.62. The second-order valence-corrected chi connectivity index (χ2v) is 6.07. The van der Waals surface area contributed by atoms with Crippen LogP contribution in [0.4, 0.5) is 27.6 Å². The SMILES string of the molecule is O=C(CCOCC(F)(F)C(F)F)N[C@@H]1CCCN(c2ccccc2F)C1=O. The minimum absolute atomic E-state index is 0.110. The van der Waals surface area contributed by atoms with Crippen LogP contribution in [0.3, 0.4) is 0 Å². The van der Waals surface area contributed by atoms with Crippen LogP contribution in [0.25, 0.3) is 0 Å². The van der Waals surface area contributed by atoms with Crippen molar-refractivity contribution in [1.82, 2.24) is 5.32 Å². The van der Waals surface area contributed by atoms with Gasteiger partial charge in [0.25, 0.3) is 0 Å². The van der Waals surface area contributed by atoms with Crippen molar-refractivity contribution in [3.05, 3.63) is 30.1 Å². The molecule has 150 valence electrons. The number of piperidine rings is 1. The molecule has 0 aliphatic carbocycles. The third-order valence-electron chi connectivity index (χ3n) is 4.00. The number of hydrogen-bond acceptors (Lipinski definition) is 3. The molecule has 1 aromatic carbocycles. The molecule has 27 heavy (non-hydrogen) atoms. The summed E-state index contributed by atoms with van der Waals surface area (Å²) in [5.74, 6) is -5.98. The van der Waals surface area contributed by atoms with E-state index < -0.39 is 49.2 Å². The molecule has 1 aliphatic rings. The molecule has 1 saturated heterocycles. The molecule has 10 heteroatoms. The van der Waals surface area contributed by atoms with Crippen LogP contribution in [0.2, 0.25) is 0 Å². The lowest BCUT2D eigenvalue weighted by Gasteiger charge is -2.32. The van der Waals surface area contributed by atoms with Crippen LogP contribution < -0.4 is 10.2 Å². The summed E-state index contributed by atoms with van der Waals surface area (Å²) in [4.78, 5) is 25.6. The van der Waals surface area contributed by atoms with E-state index in [0.717, 1.165) is 0 Å². The molecule has 0 saturated carbocycles. The highest BCUT2D eigenvalue weighted by Crippen LogP contribution is 2.24. The Morgan fingerprint density at radius 3 is 2.70 bits per heavy atom. The van der Waals surface area contributed by atoms with Gasteiger partial charge in [0.2, 0.25) is 11.8 Å². The Labute approximate surface area is 152 Å². The maximum Gasteiger partial charge on any atom is 0.330 e. The number of ether oxygens (including phenoxy) is 1. The van der Waals surface area contributed by atoms with Gasteiger partial charge in [-0.15, -0.1) is 0 Å². The second kappa shape index (κ2) is 9.12. The van der Waals surface area contributed by atoms with Crippen molar-refractivity contribution in [2.24, 2.45) is 0 Å². The van der Waals surface area contributed by atoms with Crippen LogP contribution in [-0.2, 0) is 14.3 Å². The molecule has 1 N–H and O–H groups in total. The summed E-state index contributed by atoms with van der Waals surface area (Å²) < 4.78 is 67.6. The summed E-state index contributed by atoms with van der Waals surface area (Å²) in [6, 6.07) is 4.87. The van der Waals surface area contributed by atoms with Gasteiger partial charge in [0.1, 0.15) is 18.5 Å². The highest BCUT2D eigenvalue weighted by Gasteiger charge is 2.41. The molecule has 1 fully saturated rings. The van der Waals surface area contributed by atoms with E-state index in [1.54, 1.807) is 6.07 Å². The van der Waals surface area contributed by atoms with E-state index in [0.29, 0.717) is 19.4 Å². The first-order chi connectivity index (χ1) is 12.7. The highest BCUT2D eigenvalue weighted by atomic mass is 19.3. The number of benzene rings is 1. The third kappa shape index (κ3) is 5.62. The van der Waals surface area contributed by atoms with Crippen LogP contribution in [-0.4, -0.2) is 50.0 Å². The molecule has 0 aromatic heterocycles. The van der Waals surface area contributed by atoms with Gasteiger partial charge in [-0.1, -0.05) is 12.1 Å². The fraction of sp³-hybridized carbons (Fsp3) is 0.529. The predicted octanol–water partition coefficient (Wildman–Crippen LogP) is 2.74. The summed E-state index contributed by atoms with van der Waals surface area (Å²) in [6.45, 7) is -1.69. The quantitative estimate of drug-likeness (QED) is 0.545. The Hall–Kier alpha value is -2.23. The lowest BCUT2D eigenvalue weighted by Crippen LogP contribution is -2.52. The summed E-state index contributed by atoms with van der Waals surface area (Å²) in [7, 11) is 0. The zero-order chi connectivity index (χ0) is 20.0. The molecule has 1 atom stereocenters. The number of nitrogens with zero attached hydrogens (tertiary/aromatic N) is 1. The van der Waals surface area contributed by atoms with E-state index in [1.165, 1.54) is 23.1 Å².